The molecular formula is C20H22FN7O. The molecule has 1 aliphatic rings. The SMILES string of the molecule is Cc1cc(C)nc(NC2CCCN(C(=O)c3cc(F)ccc3-n3nccn3)C2)n1. The van der Waals surface area contributed by atoms with Crippen molar-refractivity contribution in [1.29, 1.82) is 0 Å². The van der Waals surface area contributed by atoms with Crippen molar-refractivity contribution >= 4 is 11.9 Å². The molecule has 1 fully saturated rings. The fraction of sp³-hybridized carbons (Fsp3) is 0.350. The van der Waals surface area contributed by atoms with Gasteiger partial charge in [-0.15, -0.1) is 0 Å². The number of carbonyl (C=O) groups is 1. The number of anilines is 1. The van der Waals surface area contributed by atoms with E-state index in [-0.39, 0.29) is 17.5 Å². The van der Waals surface area contributed by atoms with Crippen molar-refractivity contribution in [2.45, 2.75) is 32.7 Å². The van der Waals surface area contributed by atoms with Gasteiger partial charge in [0, 0.05) is 30.5 Å². The van der Waals surface area contributed by atoms with E-state index in [1.54, 1.807) is 4.90 Å². The zero-order valence-corrected chi connectivity index (χ0v) is 16.3. The van der Waals surface area contributed by atoms with Crippen LogP contribution in [0.5, 0.6) is 0 Å². The second-order valence-electron chi connectivity index (χ2n) is 7.19. The van der Waals surface area contributed by atoms with Crippen LogP contribution in [0, 0.1) is 19.7 Å². The van der Waals surface area contributed by atoms with E-state index in [1.165, 1.54) is 35.4 Å². The van der Waals surface area contributed by atoms with Crippen LogP contribution in [0.2, 0.25) is 0 Å². The molecule has 1 saturated heterocycles. The molecule has 3 aromatic rings. The monoisotopic (exact) mass is 395 g/mol. The summed E-state index contributed by atoms with van der Waals surface area (Å²) in [5.41, 5.74) is 2.47. The lowest BCUT2D eigenvalue weighted by Gasteiger charge is -2.33. The summed E-state index contributed by atoms with van der Waals surface area (Å²) in [4.78, 5) is 25.1. The molecule has 0 aliphatic carbocycles. The standard InChI is InChI=1S/C20H22FN7O/c1-13-10-14(2)25-20(24-13)26-16-4-3-9-27(12-16)19(29)17-11-15(21)5-6-18(17)28-22-7-8-23-28/h5-8,10-11,16H,3-4,9,12H2,1-2H3,(H,24,25,26). The summed E-state index contributed by atoms with van der Waals surface area (Å²) in [7, 11) is 0. The van der Waals surface area contributed by atoms with Gasteiger partial charge in [0.25, 0.3) is 5.91 Å². The summed E-state index contributed by atoms with van der Waals surface area (Å²) >= 11 is 0. The second kappa shape index (κ2) is 7.94. The minimum absolute atomic E-state index is 0.0220. The maximum atomic E-state index is 13.9. The van der Waals surface area contributed by atoms with E-state index in [0.29, 0.717) is 24.7 Å². The van der Waals surface area contributed by atoms with Crippen LogP contribution in [0.4, 0.5) is 10.3 Å². The van der Waals surface area contributed by atoms with Crippen molar-refractivity contribution in [3.05, 3.63) is 59.4 Å². The molecule has 1 unspecified atom stereocenters. The van der Waals surface area contributed by atoms with Gasteiger partial charge in [-0.3, -0.25) is 4.79 Å². The fourth-order valence-electron chi connectivity index (χ4n) is 3.62. The van der Waals surface area contributed by atoms with E-state index < -0.39 is 5.82 Å². The molecular weight excluding hydrogens is 373 g/mol. The molecule has 4 rings (SSSR count). The van der Waals surface area contributed by atoms with Crippen molar-refractivity contribution in [2.75, 3.05) is 18.4 Å². The molecule has 0 spiro atoms. The van der Waals surface area contributed by atoms with Crippen LogP contribution >= 0.6 is 0 Å². The number of nitrogens with zero attached hydrogens (tertiary/aromatic N) is 6. The normalized spacial score (nSPS) is 16.7. The number of aromatic nitrogens is 5. The first-order chi connectivity index (χ1) is 14.0. The molecule has 0 radical (unpaired) electrons. The van der Waals surface area contributed by atoms with Crippen molar-refractivity contribution < 1.29 is 9.18 Å². The average molecular weight is 395 g/mol. The molecule has 3 heterocycles. The van der Waals surface area contributed by atoms with Gasteiger partial charge < -0.3 is 10.2 Å². The molecule has 1 atom stereocenters. The molecule has 1 aromatic carbocycles. The Hall–Kier alpha value is -3.36. The molecule has 1 aliphatic heterocycles. The van der Waals surface area contributed by atoms with Gasteiger partial charge in [0.15, 0.2) is 0 Å². The van der Waals surface area contributed by atoms with Crippen molar-refractivity contribution in [2.24, 2.45) is 0 Å². The Balaban J connectivity index is 1.54. The van der Waals surface area contributed by atoms with Crippen LogP contribution in [0.25, 0.3) is 5.69 Å². The highest BCUT2D eigenvalue weighted by Gasteiger charge is 2.27. The van der Waals surface area contributed by atoms with Crippen LogP contribution in [-0.4, -0.2) is 54.9 Å². The van der Waals surface area contributed by atoms with E-state index in [9.17, 15) is 9.18 Å². The van der Waals surface area contributed by atoms with Gasteiger partial charge in [0.1, 0.15) is 5.82 Å². The number of halogens is 1. The minimum atomic E-state index is -0.473. The van der Waals surface area contributed by atoms with E-state index >= 15 is 0 Å². The first-order valence-electron chi connectivity index (χ1n) is 9.54. The summed E-state index contributed by atoms with van der Waals surface area (Å²) in [5.74, 6) is -0.154. The lowest BCUT2D eigenvalue weighted by atomic mass is 10.0. The minimum Gasteiger partial charge on any atom is -0.350 e. The predicted octanol–water partition coefficient (Wildman–Crippen LogP) is 2.53. The summed E-state index contributed by atoms with van der Waals surface area (Å²) < 4.78 is 13.9. The molecule has 150 valence electrons. The van der Waals surface area contributed by atoms with Crippen LogP contribution < -0.4 is 5.32 Å². The van der Waals surface area contributed by atoms with Gasteiger partial charge in [-0.2, -0.15) is 15.0 Å². The quantitative estimate of drug-likeness (QED) is 0.730. The fourth-order valence-corrected chi connectivity index (χ4v) is 3.62. The highest BCUT2D eigenvalue weighted by atomic mass is 19.1. The Bertz CT molecular complexity index is 1000. The van der Waals surface area contributed by atoms with Gasteiger partial charge in [-0.25, -0.2) is 14.4 Å². The number of benzene rings is 1. The Morgan fingerprint density at radius 1 is 1.14 bits per heavy atom. The summed E-state index contributed by atoms with van der Waals surface area (Å²) in [6.07, 6.45) is 4.76. The number of carbonyl (C=O) groups excluding carboxylic acids is 1. The average Bonchev–Trinajstić information content (AvgIpc) is 3.21. The third-order valence-electron chi connectivity index (χ3n) is 4.85. The zero-order chi connectivity index (χ0) is 20.4. The molecule has 29 heavy (non-hydrogen) atoms. The second-order valence-corrected chi connectivity index (χ2v) is 7.19. The molecule has 9 heteroatoms. The molecule has 2 aromatic heterocycles. The number of hydrogen-bond acceptors (Lipinski definition) is 6. The Morgan fingerprint density at radius 3 is 2.59 bits per heavy atom. The Labute approximate surface area is 167 Å². The smallest absolute Gasteiger partial charge is 0.256 e. The van der Waals surface area contributed by atoms with Crippen molar-refractivity contribution in [1.82, 2.24) is 29.9 Å². The van der Waals surface area contributed by atoms with Gasteiger partial charge in [-0.05, 0) is 51.0 Å². The topological polar surface area (TPSA) is 88.8 Å². The first-order valence-corrected chi connectivity index (χ1v) is 9.54. The number of hydrogen-bond donors (Lipinski definition) is 1. The number of nitrogens with one attached hydrogen (secondary N) is 1. The van der Waals surface area contributed by atoms with Crippen LogP contribution in [0.1, 0.15) is 34.6 Å². The Kier molecular flexibility index (Phi) is 5.20. The van der Waals surface area contributed by atoms with Gasteiger partial charge in [-0.1, -0.05) is 0 Å². The third kappa shape index (κ3) is 4.23. The van der Waals surface area contributed by atoms with Crippen molar-refractivity contribution in [3.63, 3.8) is 0 Å². The maximum Gasteiger partial charge on any atom is 0.256 e. The van der Waals surface area contributed by atoms with E-state index in [4.69, 9.17) is 0 Å². The number of likely N-dealkylation sites (tertiary alicyclic amines) is 1. The third-order valence-corrected chi connectivity index (χ3v) is 4.85. The number of amides is 1. The molecule has 0 saturated carbocycles. The van der Waals surface area contributed by atoms with Gasteiger partial charge in [0.2, 0.25) is 5.95 Å². The van der Waals surface area contributed by atoms with E-state index in [2.05, 4.69) is 25.5 Å². The Morgan fingerprint density at radius 2 is 1.86 bits per heavy atom. The molecule has 8 nitrogen and oxygen atoms in total. The molecule has 1 amide bonds. The van der Waals surface area contributed by atoms with Gasteiger partial charge >= 0.3 is 0 Å². The molecule has 0 bridgehead atoms. The summed E-state index contributed by atoms with van der Waals surface area (Å²) in [6, 6.07) is 6.00. The van der Waals surface area contributed by atoms with Crippen LogP contribution in [-0.2, 0) is 0 Å². The highest BCUT2D eigenvalue weighted by Crippen LogP contribution is 2.21. The maximum absolute atomic E-state index is 13.9. The number of piperidine rings is 1. The lowest BCUT2D eigenvalue weighted by molar-refractivity contribution is 0.0713. The zero-order valence-electron chi connectivity index (χ0n) is 16.3. The van der Waals surface area contributed by atoms with Crippen LogP contribution in [0.15, 0.2) is 36.7 Å². The first kappa shape index (κ1) is 19.0. The van der Waals surface area contributed by atoms with Crippen molar-refractivity contribution in [3.8, 4) is 5.69 Å². The van der Waals surface area contributed by atoms with E-state index in [0.717, 1.165) is 24.2 Å². The van der Waals surface area contributed by atoms with Gasteiger partial charge in [0.05, 0.1) is 23.6 Å². The molecule has 1 N–H and O–H groups in total. The summed E-state index contributed by atoms with van der Waals surface area (Å²) in [5, 5.41) is 11.5. The summed E-state index contributed by atoms with van der Waals surface area (Å²) in [6.45, 7) is 4.93. The largest absolute Gasteiger partial charge is 0.350 e. The lowest BCUT2D eigenvalue weighted by Crippen LogP contribution is -2.45. The van der Waals surface area contributed by atoms with E-state index in [1.807, 2.05) is 19.9 Å². The number of rotatable bonds is 4. The van der Waals surface area contributed by atoms with Crippen LogP contribution in [0.3, 0.4) is 0 Å². The highest BCUT2D eigenvalue weighted by molar-refractivity contribution is 5.97. The predicted molar refractivity (Wildman–Crippen MR) is 105 cm³/mol. The number of aryl methyl sites for hydroxylation is 2.